The van der Waals surface area contributed by atoms with Crippen molar-refractivity contribution in [2.24, 2.45) is 0 Å². The molecule has 1 fully saturated rings. The Hall–Kier alpha value is -2.57. The molecule has 0 bridgehead atoms. The van der Waals surface area contributed by atoms with Gasteiger partial charge in [-0.25, -0.2) is 18.2 Å². The molecule has 3 heterocycles. The molecule has 0 N–H and O–H groups in total. The minimum atomic E-state index is -0.787. The molecule has 25 heavy (non-hydrogen) atoms. The Labute approximate surface area is 142 Å². The van der Waals surface area contributed by atoms with Crippen molar-refractivity contribution in [1.29, 1.82) is 0 Å². The van der Waals surface area contributed by atoms with Crippen LogP contribution in [-0.2, 0) is 6.54 Å². The van der Waals surface area contributed by atoms with E-state index in [0.717, 1.165) is 6.20 Å². The van der Waals surface area contributed by atoms with Crippen LogP contribution in [0.2, 0.25) is 0 Å². The highest BCUT2D eigenvalue weighted by Gasteiger charge is 2.23. The Balaban J connectivity index is 1.77. The van der Waals surface area contributed by atoms with Gasteiger partial charge in [-0.2, -0.15) is 0 Å². The number of benzene rings is 1. The monoisotopic (exact) mass is 346 g/mol. The first-order valence-corrected chi connectivity index (χ1v) is 8.25. The van der Waals surface area contributed by atoms with Crippen molar-refractivity contribution in [3.05, 3.63) is 53.9 Å². The lowest BCUT2D eigenvalue weighted by Gasteiger charge is -2.30. The minimum absolute atomic E-state index is 0.338. The topological polar surface area (TPSA) is 34.0 Å². The van der Waals surface area contributed by atoms with E-state index in [1.165, 1.54) is 18.2 Å². The van der Waals surface area contributed by atoms with Crippen LogP contribution < -0.4 is 4.90 Å². The molecule has 1 saturated heterocycles. The lowest BCUT2D eigenvalue weighted by atomic mass is 10.1. The van der Waals surface area contributed by atoms with E-state index in [1.54, 1.807) is 12.1 Å². The van der Waals surface area contributed by atoms with Gasteiger partial charge in [0.25, 0.3) is 0 Å². The molecule has 4 nitrogen and oxygen atoms in total. The molecule has 7 heteroatoms. The van der Waals surface area contributed by atoms with Gasteiger partial charge in [0.05, 0.1) is 29.5 Å². The Bertz CT molecular complexity index is 883. The van der Waals surface area contributed by atoms with Gasteiger partial charge in [0.2, 0.25) is 5.95 Å². The van der Waals surface area contributed by atoms with Crippen molar-refractivity contribution in [2.45, 2.75) is 25.6 Å². The second kappa shape index (κ2) is 6.38. The van der Waals surface area contributed by atoms with Crippen molar-refractivity contribution < 1.29 is 13.2 Å². The number of nitrogens with zero attached hydrogens (tertiary/aromatic N) is 4. The third-order valence-corrected chi connectivity index (χ3v) is 4.51. The number of aromatic nitrogens is 3. The molecule has 0 atom stereocenters. The van der Waals surface area contributed by atoms with E-state index in [4.69, 9.17) is 0 Å². The van der Waals surface area contributed by atoms with Gasteiger partial charge >= 0.3 is 0 Å². The Morgan fingerprint density at radius 2 is 1.80 bits per heavy atom. The lowest BCUT2D eigenvalue weighted by Crippen LogP contribution is -2.36. The Morgan fingerprint density at radius 3 is 2.52 bits per heavy atom. The molecule has 1 aliphatic heterocycles. The predicted octanol–water partition coefficient (Wildman–Crippen LogP) is 3.70. The number of imidazole rings is 1. The molecule has 1 aromatic carbocycles. The van der Waals surface area contributed by atoms with Gasteiger partial charge < -0.3 is 9.47 Å². The molecular weight excluding hydrogens is 329 g/mol. The lowest BCUT2D eigenvalue weighted by molar-refractivity contribution is 0.275. The third-order valence-electron chi connectivity index (χ3n) is 4.51. The van der Waals surface area contributed by atoms with Gasteiger partial charge in [-0.1, -0.05) is 0 Å². The van der Waals surface area contributed by atoms with Crippen molar-refractivity contribution in [3.63, 3.8) is 0 Å². The summed E-state index contributed by atoms with van der Waals surface area (Å²) in [5.41, 5.74) is 1.95. The van der Waals surface area contributed by atoms with Crippen LogP contribution in [0.3, 0.4) is 0 Å². The van der Waals surface area contributed by atoms with Gasteiger partial charge in [0.1, 0.15) is 17.8 Å². The van der Waals surface area contributed by atoms with Crippen LogP contribution in [0.15, 0.2) is 36.5 Å². The van der Waals surface area contributed by atoms with E-state index < -0.39 is 12.0 Å². The maximum Gasteiger partial charge on any atom is 0.206 e. The first-order valence-electron chi connectivity index (χ1n) is 8.25. The predicted molar refractivity (Wildman–Crippen MR) is 89.3 cm³/mol. The normalized spacial score (nSPS) is 15.9. The quantitative estimate of drug-likeness (QED) is 0.725. The van der Waals surface area contributed by atoms with Crippen LogP contribution in [0.1, 0.15) is 18.5 Å². The standard InChI is InChI=1S/C18H17F3N4/c19-12-5-7-24(8-6-12)18-23-16-4-2-13(20)9-17(16)25(18)11-15-3-1-14(21)10-22-15/h1-4,9-10,12H,5-8,11H2. The van der Waals surface area contributed by atoms with Crippen molar-refractivity contribution in [2.75, 3.05) is 18.0 Å². The highest BCUT2D eigenvalue weighted by molar-refractivity contribution is 5.79. The van der Waals surface area contributed by atoms with Crippen LogP contribution in [0.4, 0.5) is 19.1 Å². The summed E-state index contributed by atoms with van der Waals surface area (Å²) in [5, 5.41) is 0. The van der Waals surface area contributed by atoms with E-state index >= 15 is 0 Å². The summed E-state index contributed by atoms with van der Waals surface area (Å²) >= 11 is 0. The van der Waals surface area contributed by atoms with E-state index in [9.17, 15) is 13.2 Å². The number of fused-ring (bicyclic) bond motifs is 1. The van der Waals surface area contributed by atoms with Crippen LogP contribution in [-0.4, -0.2) is 33.8 Å². The average Bonchev–Trinajstić information content (AvgIpc) is 2.95. The molecule has 0 unspecified atom stereocenters. The molecule has 0 amide bonds. The first-order chi connectivity index (χ1) is 12.1. The Morgan fingerprint density at radius 1 is 1.04 bits per heavy atom. The van der Waals surface area contributed by atoms with E-state index in [-0.39, 0.29) is 5.82 Å². The van der Waals surface area contributed by atoms with Crippen LogP contribution in [0.5, 0.6) is 0 Å². The number of alkyl halides is 1. The summed E-state index contributed by atoms with van der Waals surface area (Å²) in [4.78, 5) is 10.7. The second-order valence-corrected chi connectivity index (χ2v) is 6.26. The van der Waals surface area contributed by atoms with Gasteiger partial charge in [-0.15, -0.1) is 0 Å². The van der Waals surface area contributed by atoms with Crippen molar-refractivity contribution >= 4 is 17.0 Å². The molecule has 0 radical (unpaired) electrons. The zero-order valence-electron chi connectivity index (χ0n) is 13.5. The molecule has 130 valence electrons. The molecule has 0 spiro atoms. The summed E-state index contributed by atoms with van der Waals surface area (Å²) in [6, 6.07) is 7.36. The minimum Gasteiger partial charge on any atom is -0.342 e. The highest BCUT2D eigenvalue weighted by Crippen LogP contribution is 2.27. The van der Waals surface area contributed by atoms with Gasteiger partial charge in [0, 0.05) is 13.1 Å². The fraction of sp³-hybridized carbons (Fsp3) is 0.333. The third kappa shape index (κ3) is 3.18. The number of piperidine rings is 1. The molecule has 3 aromatic rings. The molecule has 0 aliphatic carbocycles. The summed E-state index contributed by atoms with van der Waals surface area (Å²) in [7, 11) is 0. The number of hydrogen-bond acceptors (Lipinski definition) is 3. The first kappa shape index (κ1) is 15.9. The fourth-order valence-electron chi connectivity index (χ4n) is 3.19. The van der Waals surface area contributed by atoms with Crippen LogP contribution in [0, 0.1) is 11.6 Å². The van der Waals surface area contributed by atoms with Crippen LogP contribution in [0.25, 0.3) is 11.0 Å². The smallest absolute Gasteiger partial charge is 0.206 e. The van der Waals surface area contributed by atoms with E-state index in [2.05, 4.69) is 9.97 Å². The second-order valence-electron chi connectivity index (χ2n) is 6.26. The molecule has 4 rings (SSSR count). The highest BCUT2D eigenvalue weighted by atomic mass is 19.1. The molecule has 1 aliphatic rings. The number of pyridine rings is 1. The zero-order chi connectivity index (χ0) is 17.4. The SMILES string of the molecule is Fc1ccc(Cn2c(N3CCC(F)CC3)nc3ccc(F)cc32)nc1. The maximum absolute atomic E-state index is 13.7. The number of anilines is 1. The fourth-order valence-corrected chi connectivity index (χ4v) is 3.19. The van der Waals surface area contributed by atoms with Crippen LogP contribution >= 0.6 is 0 Å². The summed E-state index contributed by atoms with van der Waals surface area (Å²) < 4.78 is 42.2. The summed E-state index contributed by atoms with van der Waals surface area (Å²) in [5.74, 6) is -0.0936. The van der Waals surface area contributed by atoms with Gasteiger partial charge in [-0.3, -0.25) is 4.98 Å². The zero-order valence-corrected chi connectivity index (χ0v) is 13.5. The largest absolute Gasteiger partial charge is 0.342 e. The molecule has 0 saturated carbocycles. The number of hydrogen-bond donors (Lipinski definition) is 0. The summed E-state index contributed by atoms with van der Waals surface area (Å²) in [6.07, 6.45) is 1.27. The van der Waals surface area contributed by atoms with Crippen molar-refractivity contribution in [3.8, 4) is 0 Å². The van der Waals surface area contributed by atoms with E-state index in [0.29, 0.717) is 55.2 Å². The Kier molecular flexibility index (Phi) is 4.07. The van der Waals surface area contributed by atoms with Gasteiger partial charge in [-0.05, 0) is 43.2 Å². The van der Waals surface area contributed by atoms with Crippen molar-refractivity contribution in [1.82, 2.24) is 14.5 Å². The molecule has 2 aromatic heterocycles. The number of rotatable bonds is 3. The molecular formula is C18H17F3N4. The maximum atomic E-state index is 13.7. The summed E-state index contributed by atoms with van der Waals surface area (Å²) in [6.45, 7) is 1.46. The number of halogens is 3. The van der Waals surface area contributed by atoms with Gasteiger partial charge in [0.15, 0.2) is 0 Å². The van der Waals surface area contributed by atoms with E-state index in [1.807, 2.05) is 9.47 Å². The average molecular weight is 346 g/mol.